The van der Waals surface area contributed by atoms with E-state index in [4.69, 9.17) is 16.3 Å². The van der Waals surface area contributed by atoms with Gasteiger partial charge in [0, 0.05) is 18.1 Å². The average molecular weight is 286 g/mol. The van der Waals surface area contributed by atoms with Crippen LogP contribution < -0.4 is 0 Å². The average Bonchev–Trinajstić information content (AvgIpc) is 2.34. The van der Waals surface area contributed by atoms with E-state index in [0.29, 0.717) is 30.3 Å². The Balaban J connectivity index is 2.74. The van der Waals surface area contributed by atoms with Crippen molar-refractivity contribution in [2.75, 3.05) is 19.7 Å². The zero-order chi connectivity index (χ0) is 14.3. The van der Waals surface area contributed by atoms with Gasteiger partial charge in [0.25, 0.3) is 0 Å². The Morgan fingerprint density at radius 2 is 2.32 bits per heavy atom. The van der Waals surface area contributed by atoms with Crippen LogP contribution in [0.4, 0.5) is 4.39 Å². The highest BCUT2D eigenvalue weighted by Crippen LogP contribution is 2.18. The van der Waals surface area contributed by atoms with Gasteiger partial charge in [-0.1, -0.05) is 17.7 Å². The third-order valence-corrected chi connectivity index (χ3v) is 2.82. The molecule has 0 aromatic heterocycles. The van der Waals surface area contributed by atoms with Crippen LogP contribution in [0.3, 0.4) is 0 Å². The van der Waals surface area contributed by atoms with Gasteiger partial charge in [-0.2, -0.15) is 0 Å². The molecule has 1 rings (SSSR count). The van der Waals surface area contributed by atoms with Gasteiger partial charge >= 0.3 is 5.97 Å². The molecule has 0 spiro atoms. The number of esters is 1. The van der Waals surface area contributed by atoms with Crippen LogP contribution in [0.15, 0.2) is 30.9 Å². The number of hydrogen-bond acceptors (Lipinski definition) is 3. The third-order valence-electron chi connectivity index (χ3n) is 2.45. The van der Waals surface area contributed by atoms with Crippen molar-refractivity contribution in [2.45, 2.75) is 13.5 Å². The normalized spacial score (nSPS) is 10.5. The fraction of sp³-hybridized carbons (Fsp3) is 0.357. The summed E-state index contributed by atoms with van der Waals surface area (Å²) in [7, 11) is 0. The third kappa shape index (κ3) is 5.41. The molecule has 0 aliphatic carbocycles. The molecule has 0 fully saturated rings. The van der Waals surface area contributed by atoms with Crippen molar-refractivity contribution < 1.29 is 13.9 Å². The smallest absolute Gasteiger partial charge is 0.320 e. The Bertz CT molecular complexity index is 451. The second kappa shape index (κ2) is 7.92. The molecule has 0 heterocycles. The zero-order valence-corrected chi connectivity index (χ0v) is 11.6. The van der Waals surface area contributed by atoms with Crippen LogP contribution in [0.2, 0.25) is 5.02 Å². The van der Waals surface area contributed by atoms with Gasteiger partial charge in [-0.25, -0.2) is 4.39 Å². The molecule has 5 heteroatoms. The molecule has 3 nitrogen and oxygen atoms in total. The first kappa shape index (κ1) is 15.7. The second-order valence-corrected chi connectivity index (χ2v) is 4.41. The summed E-state index contributed by atoms with van der Waals surface area (Å²) in [5.74, 6) is -0.675. The number of ether oxygens (including phenoxy) is 1. The van der Waals surface area contributed by atoms with E-state index in [1.807, 2.05) is 0 Å². The molecular formula is C14H17ClFNO2. The minimum absolute atomic E-state index is 0.118. The summed E-state index contributed by atoms with van der Waals surface area (Å²) in [6, 6.07) is 4.17. The maximum atomic E-state index is 13.2. The van der Waals surface area contributed by atoms with Gasteiger partial charge in [0.05, 0.1) is 13.2 Å². The lowest BCUT2D eigenvalue weighted by Gasteiger charge is -2.20. The molecular weight excluding hydrogens is 269 g/mol. The number of benzene rings is 1. The molecule has 0 aliphatic heterocycles. The summed E-state index contributed by atoms with van der Waals surface area (Å²) >= 11 is 6.00. The van der Waals surface area contributed by atoms with Crippen LogP contribution in [0.5, 0.6) is 0 Å². The van der Waals surface area contributed by atoms with Crippen molar-refractivity contribution in [3.05, 3.63) is 47.3 Å². The fourth-order valence-electron chi connectivity index (χ4n) is 1.66. The summed E-state index contributed by atoms with van der Waals surface area (Å²) < 4.78 is 18.1. The highest BCUT2D eigenvalue weighted by Gasteiger charge is 2.13. The van der Waals surface area contributed by atoms with Crippen molar-refractivity contribution in [3.63, 3.8) is 0 Å². The van der Waals surface area contributed by atoms with Crippen LogP contribution >= 0.6 is 11.6 Å². The Morgan fingerprint density at radius 3 is 2.95 bits per heavy atom. The lowest BCUT2D eigenvalue weighted by Crippen LogP contribution is -2.31. The standard InChI is InChI=1S/C14H17ClFNO2/c1-3-7-17(10-14(18)19-4-2)9-11-8-12(16)5-6-13(11)15/h3,5-6,8H,1,4,7,9-10H2,2H3. The van der Waals surface area contributed by atoms with Crippen molar-refractivity contribution in [1.82, 2.24) is 4.90 Å². The van der Waals surface area contributed by atoms with E-state index < -0.39 is 0 Å². The van der Waals surface area contributed by atoms with Gasteiger partial charge in [0.15, 0.2) is 0 Å². The van der Waals surface area contributed by atoms with Crippen LogP contribution in [0.1, 0.15) is 12.5 Å². The lowest BCUT2D eigenvalue weighted by molar-refractivity contribution is -0.144. The van der Waals surface area contributed by atoms with Crippen molar-refractivity contribution in [2.24, 2.45) is 0 Å². The minimum Gasteiger partial charge on any atom is -0.465 e. The summed E-state index contributed by atoms with van der Waals surface area (Å²) in [5.41, 5.74) is 0.632. The fourth-order valence-corrected chi connectivity index (χ4v) is 1.84. The Hall–Kier alpha value is -1.39. The van der Waals surface area contributed by atoms with E-state index >= 15 is 0 Å². The second-order valence-electron chi connectivity index (χ2n) is 4.00. The van der Waals surface area contributed by atoms with Crippen molar-refractivity contribution >= 4 is 17.6 Å². The molecule has 1 aromatic carbocycles. The highest BCUT2D eigenvalue weighted by molar-refractivity contribution is 6.31. The summed E-state index contributed by atoms with van der Waals surface area (Å²) in [4.78, 5) is 13.2. The number of rotatable bonds is 7. The monoisotopic (exact) mass is 285 g/mol. The van der Waals surface area contributed by atoms with Crippen molar-refractivity contribution in [1.29, 1.82) is 0 Å². The van der Waals surface area contributed by atoms with Crippen LogP contribution in [0.25, 0.3) is 0 Å². The van der Waals surface area contributed by atoms with E-state index in [2.05, 4.69) is 6.58 Å². The molecule has 0 atom stereocenters. The van der Waals surface area contributed by atoms with Gasteiger partial charge in [-0.15, -0.1) is 6.58 Å². The van der Waals surface area contributed by atoms with Crippen LogP contribution in [-0.4, -0.2) is 30.6 Å². The number of carbonyl (C=O) groups excluding carboxylic acids is 1. The predicted octanol–water partition coefficient (Wildman–Crippen LogP) is 3.03. The van der Waals surface area contributed by atoms with E-state index in [1.165, 1.54) is 18.2 Å². The maximum absolute atomic E-state index is 13.2. The Labute approximate surface area is 117 Å². The predicted molar refractivity (Wildman–Crippen MR) is 73.5 cm³/mol. The number of nitrogens with zero attached hydrogens (tertiary/aromatic N) is 1. The number of halogens is 2. The molecule has 0 bridgehead atoms. The Kier molecular flexibility index (Phi) is 6.53. The topological polar surface area (TPSA) is 29.5 Å². The summed E-state index contributed by atoms with van der Waals surface area (Å²) in [6.07, 6.45) is 1.67. The van der Waals surface area contributed by atoms with Gasteiger partial charge < -0.3 is 4.74 Å². The first-order valence-electron chi connectivity index (χ1n) is 5.99. The van der Waals surface area contributed by atoms with E-state index in [9.17, 15) is 9.18 Å². The van der Waals surface area contributed by atoms with E-state index in [0.717, 1.165) is 0 Å². The van der Waals surface area contributed by atoms with Gasteiger partial charge in [-0.05, 0) is 30.7 Å². The largest absolute Gasteiger partial charge is 0.465 e. The van der Waals surface area contributed by atoms with E-state index in [1.54, 1.807) is 17.9 Å². The number of hydrogen-bond donors (Lipinski definition) is 0. The van der Waals surface area contributed by atoms with Gasteiger partial charge in [0.1, 0.15) is 5.82 Å². The molecule has 104 valence electrons. The van der Waals surface area contributed by atoms with Gasteiger partial charge in [0.2, 0.25) is 0 Å². The molecule has 0 N–H and O–H groups in total. The quantitative estimate of drug-likeness (QED) is 0.570. The molecule has 0 radical (unpaired) electrons. The molecule has 0 aliphatic rings. The Morgan fingerprint density at radius 1 is 1.58 bits per heavy atom. The van der Waals surface area contributed by atoms with E-state index in [-0.39, 0.29) is 18.3 Å². The summed E-state index contributed by atoms with van der Waals surface area (Å²) in [6.45, 7) is 6.69. The maximum Gasteiger partial charge on any atom is 0.320 e. The first-order chi connectivity index (χ1) is 9.06. The molecule has 0 saturated carbocycles. The van der Waals surface area contributed by atoms with Crippen molar-refractivity contribution in [3.8, 4) is 0 Å². The molecule has 0 unspecified atom stereocenters. The zero-order valence-electron chi connectivity index (χ0n) is 10.9. The van der Waals surface area contributed by atoms with Crippen LogP contribution in [0, 0.1) is 5.82 Å². The minimum atomic E-state index is -0.353. The first-order valence-corrected chi connectivity index (χ1v) is 6.37. The molecule has 0 saturated heterocycles. The molecule has 0 amide bonds. The SMILES string of the molecule is C=CCN(CC(=O)OCC)Cc1cc(F)ccc1Cl. The lowest BCUT2D eigenvalue weighted by atomic mass is 10.2. The van der Waals surface area contributed by atoms with Gasteiger partial charge in [-0.3, -0.25) is 9.69 Å². The highest BCUT2D eigenvalue weighted by atomic mass is 35.5. The number of carbonyl (C=O) groups is 1. The molecule has 1 aromatic rings. The summed E-state index contributed by atoms with van der Waals surface area (Å²) in [5, 5.41) is 0.472. The van der Waals surface area contributed by atoms with Crippen LogP contribution in [-0.2, 0) is 16.1 Å². The molecule has 19 heavy (non-hydrogen) atoms.